The molecule has 1 aliphatic rings. The Bertz CT molecular complexity index is 771. The topological polar surface area (TPSA) is 41.4 Å². The Morgan fingerprint density at radius 1 is 1.04 bits per heavy atom. The van der Waals surface area contributed by atoms with Crippen LogP contribution in [-0.2, 0) is 0 Å². The van der Waals surface area contributed by atoms with Crippen LogP contribution < -0.4 is 4.90 Å². The number of thiazole rings is 1. The van der Waals surface area contributed by atoms with Gasteiger partial charge in [0.2, 0.25) is 0 Å². The zero-order valence-corrected chi connectivity index (χ0v) is 14.1. The molecule has 5 nitrogen and oxygen atoms in total. The van der Waals surface area contributed by atoms with Gasteiger partial charge in [0.15, 0.2) is 5.13 Å². The van der Waals surface area contributed by atoms with Gasteiger partial charge in [-0.15, -0.1) is 22.7 Å². The van der Waals surface area contributed by atoms with E-state index in [2.05, 4.69) is 9.88 Å². The number of nitrogens with zero attached hydrogens (tertiary/aromatic N) is 4. The fourth-order valence-corrected chi connectivity index (χ4v) is 4.33. The maximum atomic E-state index is 12.9. The third-order valence-corrected chi connectivity index (χ3v) is 5.70. The molecule has 1 saturated heterocycles. The minimum absolute atomic E-state index is 0.127. The molecule has 0 radical (unpaired) electrons. The molecule has 1 fully saturated rings. The number of thiophene rings is 1. The van der Waals surface area contributed by atoms with Gasteiger partial charge in [0.05, 0.1) is 5.69 Å². The summed E-state index contributed by atoms with van der Waals surface area (Å²) in [5, 5.41) is 5.01. The van der Waals surface area contributed by atoms with Gasteiger partial charge >= 0.3 is 0 Å². The molecule has 0 atom stereocenters. The van der Waals surface area contributed by atoms with Crippen molar-refractivity contribution in [3.8, 4) is 5.69 Å². The van der Waals surface area contributed by atoms with Crippen LogP contribution in [0.15, 0.2) is 47.5 Å². The molecule has 1 aliphatic heterocycles. The first-order chi connectivity index (χ1) is 11.3. The fraction of sp³-hybridized carbons (Fsp3) is 0.250. The first-order valence-corrected chi connectivity index (χ1v) is 9.23. The Balaban J connectivity index is 1.48. The van der Waals surface area contributed by atoms with Gasteiger partial charge in [-0.2, -0.15) is 0 Å². The monoisotopic (exact) mass is 344 g/mol. The van der Waals surface area contributed by atoms with Crippen molar-refractivity contribution in [1.29, 1.82) is 0 Å². The summed E-state index contributed by atoms with van der Waals surface area (Å²) in [7, 11) is 0. The van der Waals surface area contributed by atoms with Gasteiger partial charge in [0.25, 0.3) is 5.91 Å². The van der Waals surface area contributed by atoms with Gasteiger partial charge < -0.3 is 14.4 Å². The number of aromatic nitrogens is 2. The summed E-state index contributed by atoms with van der Waals surface area (Å²) in [6, 6.07) is 5.95. The molecule has 4 heterocycles. The van der Waals surface area contributed by atoms with Crippen molar-refractivity contribution in [2.24, 2.45) is 0 Å². The van der Waals surface area contributed by atoms with Gasteiger partial charge in [0, 0.05) is 50.1 Å². The van der Waals surface area contributed by atoms with Crippen LogP contribution in [0.25, 0.3) is 5.69 Å². The highest BCUT2D eigenvalue weighted by molar-refractivity contribution is 7.13. The van der Waals surface area contributed by atoms with Crippen molar-refractivity contribution in [3.05, 3.63) is 52.4 Å². The Hall–Kier alpha value is -2.12. The first kappa shape index (κ1) is 14.5. The van der Waals surface area contributed by atoms with Crippen molar-refractivity contribution >= 4 is 33.7 Å². The molecule has 0 unspecified atom stereocenters. The lowest BCUT2D eigenvalue weighted by Crippen LogP contribution is -2.48. The van der Waals surface area contributed by atoms with E-state index < -0.39 is 0 Å². The number of amides is 1. The largest absolute Gasteiger partial charge is 0.345 e. The minimum atomic E-state index is 0.127. The molecule has 0 bridgehead atoms. The number of anilines is 1. The first-order valence-electron chi connectivity index (χ1n) is 7.47. The van der Waals surface area contributed by atoms with Crippen LogP contribution >= 0.6 is 22.7 Å². The van der Waals surface area contributed by atoms with E-state index in [1.54, 1.807) is 11.3 Å². The smallest absolute Gasteiger partial charge is 0.266 e. The van der Waals surface area contributed by atoms with E-state index >= 15 is 0 Å². The maximum Gasteiger partial charge on any atom is 0.266 e. The minimum Gasteiger partial charge on any atom is -0.345 e. The van der Waals surface area contributed by atoms with Gasteiger partial charge in [0.1, 0.15) is 4.88 Å². The van der Waals surface area contributed by atoms with E-state index in [4.69, 9.17) is 0 Å². The highest BCUT2D eigenvalue weighted by Crippen LogP contribution is 2.25. The Morgan fingerprint density at radius 2 is 1.83 bits per heavy atom. The molecule has 118 valence electrons. The standard InChI is InChI=1S/C16H16N4OS2/c21-15(14-13(3-11-22-14)18-5-1-2-6-18)19-7-9-20(10-8-19)16-17-4-12-23-16/h1-6,11-12H,7-10H2. The van der Waals surface area contributed by atoms with Crippen LogP contribution in [0.5, 0.6) is 0 Å². The summed E-state index contributed by atoms with van der Waals surface area (Å²) < 4.78 is 2.00. The number of carbonyl (C=O) groups is 1. The van der Waals surface area contributed by atoms with Crippen molar-refractivity contribution in [2.45, 2.75) is 0 Å². The van der Waals surface area contributed by atoms with Crippen LogP contribution in [0.1, 0.15) is 9.67 Å². The summed E-state index contributed by atoms with van der Waals surface area (Å²) in [6.07, 6.45) is 5.77. The summed E-state index contributed by atoms with van der Waals surface area (Å²) in [5.41, 5.74) is 0.965. The Kier molecular flexibility index (Phi) is 3.88. The average molecular weight is 344 g/mol. The van der Waals surface area contributed by atoms with Gasteiger partial charge in [-0.1, -0.05) is 0 Å². The van der Waals surface area contributed by atoms with Crippen LogP contribution in [0.2, 0.25) is 0 Å². The number of piperazine rings is 1. The Labute approximate surface area is 142 Å². The van der Waals surface area contributed by atoms with E-state index in [1.165, 1.54) is 11.3 Å². The van der Waals surface area contributed by atoms with Gasteiger partial charge in [-0.3, -0.25) is 4.79 Å². The zero-order valence-electron chi connectivity index (χ0n) is 12.5. The van der Waals surface area contributed by atoms with E-state index in [-0.39, 0.29) is 5.91 Å². The van der Waals surface area contributed by atoms with E-state index in [0.717, 1.165) is 41.9 Å². The summed E-state index contributed by atoms with van der Waals surface area (Å²) >= 11 is 3.16. The molecule has 23 heavy (non-hydrogen) atoms. The second-order valence-corrected chi connectivity index (χ2v) is 7.11. The van der Waals surface area contributed by atoms with E-state index in [1.807, 2.05) is 57.0 Å². The van der Waals surface area contributed by atoms with Crippen LogP contribution in [0.4, 0.5) is 5.13 Å². The van der Waals surface area contributed by atoms with Crippen LogP contribution in [0, 0.1) is 0 Å². The van der Waals surface area contributed by atoms with Crippen molar-refractivity contribution < 1.29 is 4.79 Å². The molecule has 0 aromatic carbocycles. The predicted octanol–water partition coefficient (Wildman–Crippen LogP) is 2.96. The van der Waals surface area contributed by atoms with Crippen molar-refractivity contribution in [3.63, 3.8) is 0 Å². The molecule has 0 spiro atoms. The average Bonchev–Trinajstić information content (AvgIpc) is 3.35. The number of hydrogen-bond donors (Lipinski definition) is 0. The molecule has 3 aromatic heterocycles. The highest BCUT2D eigenvalue weighted by atomic mass is 32.1. The molecule has 1 amide bonds. The molecular weight excluding hydrogens is 328 g/mol. The second-order valence-electron chi connectivity index (χ2n) is 5.32. The van der Waals surface area contributed by atoms with Gasteiger partial charge in [-0.05, 0) is 23.6 Å². The summed E-state index contributed by atoms with van der Waals surface area (Å²) in [6.45, 7) is 3.15. The van der Waals surface area contributed by atoms with E-state index in [9.17, 15) is 4.79 Å². The van der Waals surface area contributed by atoms with Crippen molar-refractivity contribution in [1.82, 2.24) is 14.5 Å². The summed E-state index contributed by atoms with van der Waals surface area (Å²) in [4.78, 5) is 22.2. The van der Waals surface area contributed by atoms with E-state index in [0.29, 0.717) is 0 Å². The number of carbonyl (C=O) groups excluding carboxylic acids is 1. The lowest BCUT2D eigenvalue weighted by atomic mass is 10.3. The zero-order chi connectivity index (χ0) is 15.6. The molecular formula is C16H16N4OS2. The molecule has 4 rings (SSSR count). The molecule has 0 saturated carbocycles. The molecule has 0 N–H and O–H groups in total. The molecule has 3 aromatic rings. The predicted molar refractivity (Wildman–Crippen MR) is 93.9 cm³/mol. The van der Waals surface area contributed by atoms with Crippen LogP contribution in [-0.4, -0.2) is 46.5 Å². The third-order valence-electron chi connectivity index (χ3n) is 3.98. The normalized spacial score (nSPS) is 15.1. The van der Waals surface area contributed by atoms with Gasteiger partial charge in [-0.25, -0.2) is 4.98 Å². The fourth-order valence-electron chi connectivity index (χ4n) is 2.78. The second kappa shape index (κ2) is 6.17. The molecule has 0 aliphatic carbocycles. The Morgan fingerprint density at radius 3 is 2.52 bits per heavy atom. The number of rotatable bonds is 3. The summed E-state index contributed by atoms with van der Waals surface area (Å²) in [5.74, 6) is 0.127. The van der Waals surface area contributed by atoms with Crippen molar-refractivity contribution in [2.75, 3.05) is 31.1 Å². The lowest BCUT2D eigenvalue weighted by molar-refractivity contribution is 0.0751. The maximum absolute atomic E-state index is 12.9. The quantitative estimate of drug-likeness (QED) is 0.733. The van der Waals surface area contributed by atoms with Crippen LogP contribution in [0.3, 0.4) is 0 Å². The molecule has 7 heteroatoms. The highest BCUT2D eigenvalue weighted by Gasteiger charge is 2.25. The SMILES string of the molecule is O=C(c1sccc1-n1cccc1)N1CCN(c2nccs2)CC1. The third kappa shape index (κ3) is 2.77. The lowest BCUT2D eigenvalue weighted by Gasteiger charge is -2.34. The number of hydrogen-bond acceptors (Lipinski definition) is 5.